The number of methoxy groups -OCH3 is 1. The fourth-order valence-corrected chi connectivity index (χ4v) is 1.67. The molecule has 0 bridgehead atoms. The van der Waals surface area contributed by atoms with Gasteiger partial charge in [0.25, 0.3) is 0 Å². The molecule has 0 unspecified atom stereocenters. The van der Waals surface area contributed by atoms with Crippen molar-refractivity contribution < 1.29 is 19.7 Å². The van der Waals surface area contributed by atoms with E-state index >= 15 is 0 Å². The number of hydrogen-bond donors (Lipinski definition) is 2. The second-order valence-electron chi connectivity index (χ2n) is 3.77. The van der Waals surface area contributed by atoms with Crippen LogP contribution in [0.1, 0.15) is 10.4 Å². The zero-order valence-electron chi connectivity index (χ0n) is 9.75. The minimum Gasteiger partial charge on any atom is -0.504 e. The van der Waals surface area contributed by atoms with E-state index in [1.165, 1.54) is 19.2 Å². The first-order chi connectivity index (χ1) is 8.61. The van der Waals surface area contributed by atoms with Gasteiger partial charge >= 0.3 is 5.97 Å². The fraction of sp³-hybridized carbons (Fsp3) is 0.0714. The Hall–Kier alpha value is -2.49. The summed E-state index contributed by atoms with van der Waals surface area (Å²) in [6.07, 6.45) is 0. The van der Waals surface area contributed by atoms with Crippen LogP contribution < -0.4 is 4.74 Å². The van der Waals surface area contributed by atoms with Crippen LogP contribution in [-0.4, -0.2) is 23.3 Å². The number of carbonyl (C=O) groups is 1. The normalized spacial score (nSPS) is 10.1. The van der Waals surface area contributed by atoms with Gasteiger partial charge in [-0.1, -0.05) is 18.2 Å². The summed E-state index contributed by atoms with van der Waals surface area (Å²) >= 11 is 0. The van der Waals surface area contributed by atoms with Crippen molar-refractivity contribution in [3.8, 4) is 22.6 Å². The molecule has 2 aromatic rings. The van der Waals surface area contributed by atoms with Crippen molar-refractivity contribution in [1.29, 1.82) is 0 Å². The summed E-state index contributed by atoms with van der Waals surface area (Å²) in [6, 6.07) is 11.5. The largest absolute Gasteiger partial charge is 0.504 e. The van der Waals surface area contributed by atoms with Gasteiger partial charge in [-0.2, -0.15) is 0 Å². The van der Waals surface area contributed by atoms with Crippen molar-refractivity contribution in [3.63, 3.8) is 0 Å². The molecule has 2 rings (SSSR count). The Labute approximate surface area is 104 Å². The second-order valence-corrected chi connectivity index (χ2v) is 3.77. The van der Waals surface area contributed by atoms with Crippen molar-refractivity contribution >= 4 is 5.97 Å². The van der Waals surface area contributed by atoms with Gasteiger partial charge in [0.2, 0.25) is 0 Å². The highest BCUT2D eigenvalue weighted by molar-refractivity contribution is 5.88. The van der Waals surface area contributed by atoms with Crippen LogP contribution in [0, 0.1) is 0 Å². The summed E-state index contributed by atoms with van der Waals surface area (Å²) in [4.78, 5) is 10.7. The summed E-state index contributed by atoms with van der Waals surface area (Å²) < 4.78 is 4.96. The van der Waals surface area contributed by atoms with Gasteiger partial charge in [0.05, 0.1) is 12.7 Å². The number of phenols is 1. The maximum atomic E-state index is 10.7. The van der Waals surface area contributed by atoms with E-state index in [0.717, 1.165) is 11.1 Å². The third kappa shape index (κ3) is 2.27. The summed E-state index contributed by atoms with van der Waals surface area (Å²) in [5.41, 5.74) is 1.86. The Kier molecular flexibility index (Phi) is 3.19. The SMILES string of the molecule is COc1ccc(-c2ccc(C(=O)O)cc2)cc1O. The number of benzene rings is 2. The Bertz CT molecular complexity index is 573. The average molecular weight is 244 g/mol. The van der Waals surface area contributed by atoms with Gasteiger partial charge in [0.1, 0.15) is 0 Å². The van der Waals surface area contributed by atoms with Crippen LogP contribution in [0.25, 0.3) is 11.1 Å². The molecule has 2 N–H and O–H groups in total. The minimum atomic E-state index is -0.959. The number of phenolic OH excluding ortho intramolecular Hbond substituents is 1. The van der Waals surface area contributed by atoms with Crippen LogP contribution in [0.3, 0.4) is 0 Å². The van der Waals surface area contributed by atoms with Crippen LogP contribution in [0.4, 0.5) is 0 Å². The van der Waals surface area contributed by atoms with E-state index in [2.05, 4.69) is 0 Å². The molecule has 0 atom stereocenters. The summed E-state index contributed by atoms with van der Waals surface area (Å²) in [7, 11) is 1.48. The highest BCUT2D eigenvalue weighted by Crippen LogP contribution is 2.31. The maximum Gasteiger partial charge on any atom is 0.335 e. The zero-order valence-corrected chi connectivity index (χ0v) is 9.75. The summed E-state index contributed by atoms with van der Waals surface area (Å²) in [5.74, 6) is -0.502. The van der Waals surface area contributed by atoms with Gasteiger partial charge in [-0.05, 0) is 35.4 Å². The molecule has 0 fully saturated rings. The molecule has 0 radical (unpaired) electrons. The molecule has 0 amide bonds. The number of carboxylic acids is 1. The number of aromatic hydroxyl groups is 1. The summed E-state index contributed by atoms with van der Waals surface area (Å²) in [6.45, 7) is 0. The lowest BCUT2D eigenvalue weighted by Crippen LogP contribution is -1.94. The number of ether oxygens (including phenoxy) is 1. The van der Waals surface area contributed by atoms with E-state index in [9.17, 15) is 9.90 Å². The van der Waals surface area contributed by atoms with Crippen LogP contribution in [0.5, 0.6) is 11.5 Å². The Morgan fingerprint density at radius 1 is 1.06 bits per heavy atom. The van der Waals surface area contributed by atoms with E-state index in [1.807, 2.05) is 0 Å². The topological polar surface area (TPSA) is 66.8 Å². The van der Waals surface area contributed by atoms with Crippen molar-refractivity contribution in [3.05, 3.63) is 48.0 Å². The highest BCUT2D eigenvalue weighted by atomic mass is 16.5. The van der Waals surface area contributed by atoms with Crippen molar-refractivity contribution in [1.82, 2.24) is 0 Å². The Balaban J connectivity index is 2.36. The van der Waals surface area contributed by atoms with Gasteiger partial charge in [-0.25, -0.2) is 4.79 Å². The van der Waals surface area contributed by atoms with Gasteiger partial charge in [-0.3, -0.25) is 0 Å². The first-order valence-corrected chi connectivity index (χ1v) is 5.32. The van der Waals surface area contributed by atoms with Gasteiger partial charge < -0.3 is 14.9 Å². The van der Waals surface area contributed by atoms with Crippen LogP contribution in [0.2, 0.25) is 0 Å². The number of hydrogen-bond acceptors (Lipinski definition) is 3. The van der Waals surface area contributed by atoms with E-state index in [0.29, 0.717) is 5.75 Å². The molecule has 4 heteroatoms. The Morgan fingerprint density at radius 3 is 2.17 bits per heavy atom. The number of aromatic carboxylic acids is 1. The molecule has 2 aromatic carbocycles. The predicted molar refractivity (Wildman–Crippen MR) is 67.1 cm³/mol. The Morgan fingerprint density at radius 2 is 1.67 bits per heavy atom. The van der Waals surface area contributed by atoms with Crippen molar-refractivity contribution in [2.75, 3.05) is 7.11 Å². The molecule has 0 aliphatic carbocycles. The molecule has 4 nitrogen and oxygen atoms in total. The maximum absolute atomic E-state index is 10.7. The monoisotopic (exact) mass is 244 g/mol. The first kappa shape index (κ1) is 12.0. The van der Waals surface area contributed by atoms with Crippen LogP contribution in [-0.2, 0) is 0 Å². The molecule has 18 heavy (non-hydrogen) atoms. The van der Waals surface area contributed by atoms with Crippen molar-refractivity contribution in [2.24, 2.45) is 0 Å². The molecule has 92 valence electrons. The molecule has 0 saturated carbocycles. The van der Waals surface area contributed by atoms with Crippen LogP contribution in [0.15, 0.2) is 42.5 Å². The first-order valence-electron chi connectivity index (χ1n) is 5.32. The predicted octanol–water partition coefficient (Wildman–Crippen LogP) is 2.77. The van der Waals surface area contributed by atoms with Gasteiger partial charge in [0.15, 0.2) is 11.5 Å². The van der Waals surface area contributed by atoms with Gasteiger partial charge in [-0.15, -0.1) is 0 Å². The standard InChI is InChI=1S/C14H12O4/c1-18-13-7-6-11(8-12(13)15)9-2-4-10(5-3-9)14(16)17/h2-8,15H,1H3,(H,16,17). The lowest BCUT2D eigenvalue weighted by molar-refractivity contribution is 0.0697. The molecular weight excluding hydrogens is 232 g/mol. The lowest BCUT2D eigenvalue weighted by Gasteiger charge is -2.06. The third-order valence-electron chi connectivity index (χ3n) is 2.64. The van der Waals surface area contributed by atoms with Gasteiger partial charge in [0, 0.05) is 0 Å². The lowest BCUT2D eigenvalue weighted by atomic mass is 10.0. The third-order valence-corrected chi connectivity index (χ3v) is 2.64. The molecule has 0 heterocycles. The number of rotatable bonds is 3. The molecule has 0 spiro atoms. The zero-order chi connectivity index (χ0) is 13.1. The summed E-state index contributed by atoms with van der Waals surface area (Å²) in [5, 5.41) is 18.5. The second kappa shape index (κ2) is 4.79. The van der Waals surface area contributed by atoms with E-state index in [4.69, 9.17) is 9.84 Å². The minimum absolute atomic E-state index is 0.0531. The molecule has 0 aromatic heterocycles. The van der Waals surface area contributed by atoms with Crippen LogP contribution >= 0.6 is 0 Å². The van der Waals surface area contributed by atoms with E-state index in [-0.39, 0.29) is 11.3 Å². The van der Waals surface area contributed by atoms with E-state index < -0.39 is 5.97 Å². The molecular formula is C14H12O4. The van der Waals surface area contributed by atoms with Crippen molar-refractivity contribution in [2.45, 2.75) is 0 Å². The average Bonchev–Trinajstić information content (AvgIpc) is 2.38. The van der Waals surface area contributed by atoms with E-state index in [1.54, 1.807) is 30.3 Å². The smallest absolute Gasteiger partial charge is 0.335 e. The molecule has 0 aliphatic rings. The molecule has 0 aliphatic heterocycles. The quantitative estimate of drug-likeness (QED) is 0.871. The number of carboxylic acid groups (broad SMARTS) is 1. The molecule has 0 saturated heterocycles. The fourth-order valence-electron chi connectivity index (χ4n) is 1.67. The highest BCUT2D eigenvalue weighted by Gasteiger charge is 2.06.